The second kappa shape index (κ2) is 5.64. The van der Waals surface area contributed by atoms with E-state index in [1.54, 1.807) is 36.0 Å². The highest BCUT2D eigenvalue weighted by molar-refractivity contribution is 7.21. The number of fused-ring (bicyclic) bond motifs is 1. The highest BCUT2D eigenvalue weighted by atomic mass is 32.1. The third kappa shape index (κ3) is 2.45. The number of imidazole rings is 1. The van der Waals surface area contributed by atoms with Crippen LogP contribution in [0.1, 0.15) is 0 Å². The van der Waals surface area contributed by atoms with Crippen molar-refractivity contribution in [2.24, 2.45) is 0 Å². The first-order valence-electron chi connectivity index (χ1n) is 6.88. The van der Waals surface area contributed by atoms with Gasteiger partial charge >= 0.3 is 0 Å². The lowest BCUT2D eigenvalue weighted by atomic mass is 10.2. The van der Waals surface area contributed by atoms with Crippen LogP contribution in [0, 0.1) is 0 Å². The Morgan fingerprint density at radius 2 is 2.09 bits per heavy atom. The number of methoxy groups -OCH3 is 1. The van der Waals surface area contributed by atoms with E-state index in [2.05, 4.69) is 26.3 Å². The molecular formula is C15H13N5OS2. The first-order valence-corrected chi connectivity index (χ1v) is 8.58. The Bertz CT molecular complexity index is 927. The van der Waals surface area contributed by atoms with Gasteiger partial charge in [-0.15, -0.1) is 16.4 Å². The minimum atomic E-state index is 0.589. The minimum absolute atomic E-state index is 0.589. The van der Waals surface area contributed by atoms with Crippen LogP contribution in [0.2, 0.25) is 0 Å². The van der Waals surface area contributed by atoms with Gasteiger partial charge in [0.25, 0.3) is 0 Å². The van der Waals surface area contributed by atoms with Crippen molar-refractivity contribution in [2.75, 3.05) is 19.1 Å². The average molecular weight is 343 g/mol. The number of pyridine rings is 1. The topological polar surface area (TPSA) is 55.5 Å². The molecule has 0 saturated carbocycles. The normalized spacial score (nSPS) is 11.0. The Balaban J connectivity index is 1.74. The van der Waals surface area contributed by atoms with Crippen molar-refractivity contribution >= 4 is 37.8 Å². The molecule has 0 amide bonds. The molecule has 4 aromatic rings. The Morgan fingerprint density at radius 3 is 2.78 bits per heavy atom. The molecule has 0 bridgehead atoms. The summed E-state index contributed by atoms with van der Waals surface area (Å²) in [6.07, 6.45) is 3.58. The minimum Gasteiger partial charge on any atom is -0.481 e. The summed E-state index contributed by atoms with van der Waals surface area (Å²) < 4.78 is 6.95. The predicted octanol–water partition coefficient (Wildman–Crippen LogP) is 3.69. The number of anilines is 2. The van der Waals surface area contributed by atoms with Crippen LogP contribution in [0.3, 0.4) is 0 Å². The maximum atomic E-state index is 5.10. The highest BCUT2D eigenvalue weighted by Gasteiger charge is 2.15. The molecule has 0 aromatic carbocycles. The summed E-state index contributed by atoms with van der Waals surface area (Å²) >= 11 is 3.24. The van der Waals surface area contributed by atoms with Gasteiger partial charge in [0.05, 0.1) is 24.0 Å². The van der Waals surface area contributed by atoms with Crippen molar-refractivity contribution in [2.45, 2.75) is 0 Å². The van der Waals surface area contributed by atoms with Gasteiger partial charge < -0.3 is 9.64 Å². The number of hydrogen-bond donors (Lipinski definition) is 0. The molecule has 0 aliphatic carbocycles. The van der Waals surface area contributed by atoms with Crippen LogP contribution >= 0.6 is 22.7 Å². The molecule has 4 aromatic heterocycles. The molecule has 0 atom stereocenters. The van der Waals surface area contributed by atoms with Crippen molar-refractivity contribution < 1.29 is 4.74 Å². The maximum absolute atomic E-state index is 5.10. The molecule has 0 unspecified atom stereocenters. The maximum Gasteiger partial charge on any atom is 0.214 e. The van der Waals surface area contributed by atoms with Crippen molar-refractivity contribution in [1.82, 2.24) is 19.6 Å². The second-order valence-electron chi connectivity index (χ2n) is 4.82. The van der Waals surface area contributed by atoms with Crippen LogP contribution in [0.5, 0.6) is 5.88 Å². The van der Waals surface area contributed by atoms with Crippen LogP contribution in [0.25, 0.3) is 16.2 Å². The van der Waals surface area contributed by atoms with Gasteiger partial charge in [-0.2, -0.15) is 0 Å². The lowest BCUT2D eigenvalue weighted by molar-refractivity contribution is 0.398. The highest BCUT2D eigenvalue weighted by Crippen LogP contribution is 2.33. The molecule has 0 N–H and O–H groups in total. The van der Waals surface area contributed by atoms with E-state index in [0.29, 0.717) is 5.88 Å². The predicted molar refractivity (Wildman–Crippen MR) is 93.0 cm³/mol. The Hall–Kier alpha value is -2.45. The lowest BCUT2D eigenvalue weighted by Gasteiger charge is -2.11. The van der Waals surface area contributed by atoms with Gasteiger partial charge in [0.2, 0.25) is 16.0 Å². The van der Waals surface area contributed by atoms with Gasteiger partial charge in [0.1, 0.15) is 0 Å². The summed E-state index contributed by atoms with van der Waals surface area (Å²) in [7, 11) is 3.62. The molecule has 0 aliphatic heterocycles. The fourth-order valence-electron chi connectivity index (χ4n) is 2.22. The van der Waals surface area contributed by atoms with Gasteiger partial charge in [-0.05, 0) is 23.6 Å². The number of aromatic nitrogens is 4. The first-order chi connectivity index (χ1) is 11.3. The van der Waals surface area contributed by atoms with Gasteiger partial charge in [-0.3, -0.25) is 0 Å². The van der Waals surface area contributed by atoms with E-state index in [0.717, 1.165) is 26.4 Å². The standard InChI is InChI=1S/C15H13N5OS2/c1-19(13-4-3-7-22-13)15-18-20-11(9-17-14(20)23-15)10-5-6-12(21-2)16-8-10/h3-9H,1-2H3. The number of nitrogens with zero attached hydrogens (tertiary/aromatic N) is 5. The molecule has 0 aliphatic rings. The quantitative estimate of drug-likeness (QED) is 0.566. The van der Waals surface area contributed by atoms with E-state index < -0.39 is 0 Å². The van der Waals surface area contributed by atoms with E-state index in [9.17, 15) is 0 Å². The Kier molecular flexibility index (Phi) is 3.47. The molecule has 4 heterocycles. The summed E-state index contributed by atoms with van der Waals surface area (Å²) in [5.74, 6) is 0.589. The SMILES string of the molecule is COc1ccc(-c2cnc3sc(N(C)c4cccs4)nn23)cn1. The van der Waals surface area contributed by atoms with E-state index in [1.165, 1.54) is 0 Å². The van der Waals surface area contributed by atoms with E-state index in [4.69, 9.17) is 9.84 Å². The second-order valence-corrected chi connectivity index (χ2v) is 6.68. The number of ether oxygens (including phenoxy) is 1. The summed E-state index contributed by atoms with van der Waals surface area (Å²) in [6.45, 7) is 0. The molecule has 23 heavy (non-hydrogen) atoms. The Labute approximate surface area is 140 Å². The van der Waals surface area contributed by atoms with Crippen molar-refractivity contribution in [3.8, 4) is 17.1 Å². The van der Waals surface area contributed by atoms with Crippen LogP contribution in [-0.2, 0) is 0 Å². The van der Waals surface area contributed by atoms with Crippen molar-refractivity contribution in [3.63, 3.8) is 0 Å². The zero-order valence-electron chi connectivity index (χ0n) is 12.5. The van der Waals surface area contributed by atoms with Gasteiger partial charge in [0, 0.05) is 24.9 Å². The molecule has 4 rings (SSSR count). The molecule has 6 nitrogen and oxygen atoms in total. The summed E-state index contributed by atoms with van der Waals surface area (Å²) in [5.41, 5.74) is 1.87. The zero-order valence-corrected chi connectivity index (χ0v) is 14.1. The third-order valence-electron chi connectivity index (χ3n) is 3.44. The smallest absolute Gasteiger partial charge is 0.214 e. The van der Waals surface area contributed by atoms with Crippen LogP contribution in [-0.4, -0.2) is 33.7 Å². The molecule has 8 heteroatoms. The molecule has 0 fully saturated rings. The fraction of sp³-hybridized carbons (Fsp3) is 0.133. The lowest BCUT2D eigenvalue weighted by Crippen LogP contribution is -2.07. The van der Waals surface area contributed by atoms with Gasteiger partial charge in [-0.1, -0.05) is 11.3 Å². The van der Waals surface area contributed by atoms with Crippen molar-refractivity contribution in [1.29, 1.82) is 0 Å². The van der Waals surface area contributed by atoms with Gasteiger partial charge in [0.15, 0.2) is 0 Å². The van der Waals surface area contributed by atoms with Crippen LogP contribution < -0.4 is 9.64 Å². The number of hydrogen-bond acceptors (Lipinski definition) is 7. The van der Waals surface area contributed by atoms with Crippen LogP contribution in [0.15, 0.2) is 42.0 Å². The first kappa shape index (κ1) is 14.2. The molecular weight excluding hydrogens is 330 g/mol. The number of thiophene rings is 1. The van der Waals surface area contributed by atoms with Gasteiger partial charge in [-0.25, -0.2) is 14.5 Å². The van der Waals surface area contributed by atoms with E-state index in [-0.39, 0.29) is 0 Å². The van der Waals surface area contributed by atoms with Crippen LogP contribution in [0.4, 0.5) is 10.1 Å². The summed E-state index contributed by atoms with van der Waals surface area (Å²) in [4.78, 5) is 11.6. The summed E-state index contributed by atoms with van der Waals surface area (Å²) in [6, 6.07) is 7.89. The fourth-order valence-corrected chi connectivity index (χ4v) is 3.83. The summed E-state index contributed by atoms with van der Waals surface area (Å²) in [5, 5.41) is 8.80. The molecule has 116 valence electrons. The average Bonchev–Trinajstić information content (AvgIpc) is 3.30. The van der Waals surface area contributed by atoms with E-state index in [1.807, 2.05) is 36.0 Å². The molecule has 0 spiro atoms. The zero-order chi connectivity index (χ0) is 15.8. The molecule has 0 saturated heterocycles. The Morgan fingerprint density at radius 1 is 1.17 bits per heavy atom. The largest absolute Gasteiger partial charge is 0.481 e. The molecule has 0 radical (unpaired) electrons. The number of rotatable bonds is 4. The third-order valence-corrected chi connectivity index (χ3v) is 5.38. The van der Waals surface area contributed by atoms with E-state index >= 15 is 0 Å². The monoisotopic (exact) mass is 343 g/mol. The van der Waals surface area contributed by atoms with Crippen molar-refractivity contribution in [3.05, 3.63) is 42.0 Å².